The molecule has 2 N–H and O–H groups in total. The third kappa shape index (κ3) is 4.11. The monoisotopic (exact) mass is 316 g/mol. The summed E-state index contributed by atoms with van der Waals surface area (Å²) < 4.78 is 0. The highest BCUT2D eigenvalue weighted by molar-refractivity contribution is 6.30. The highest BCUT2D eigenvalue weighted by Crippen LogP contribution is 2.22. The molecule has 0 spiro atoms. The Labute approximate surface area is 131 Å². The van der Waals surface area contributed by atoms with Gasteiger partial charge in [0.2, 0.25) is 5.91 Å². The Bertz CT molecular complexity index is 459. The fraction of sp³-hybridized carbons (Fsp3) is 0.533. The summed E-state index contributed by atoms with van der Waals surface area (Å²) in [5.74, 6) is 0.0691. The van der Waals surface area contributed by atoms with Gasteiger partial charge in [-0.3, -0.25) is 4.79 Å². The van der Waals surface area contributed by atoms with E-state index in [2.05, 4.69) is 10.6 Å². The van der Waals surface area contributed by atoms with Crippen LogP contribution in [0.25, 0.3) is 0 Å². The van der Waals surface area contributed by atoms with Gasteiger partial charge in [-0.1, -0.05) is 23.7 Å². The minimum absolute atomic E-state index is 0. The van der Waals surface area contributed by atoms with E-state index in [4.69, 9.17) is 11.6 Å². The number of carbonyl (C=O) groups is 1. The van der Waals surface area contributed by atoms with E-state index in [1.807, 2.05) is 38.1 Å². The second-order valence-electron chi connectivity index (χ2n) is 5.47. The molecule has 0 aromatic heterocycles. The molecule has 0 bridgehead atoms. The van der Waals surface area contributed by atoms with Crippen molar-refractivity contribution in [1.29, 1.82) is 0 Å². The Morgan fingerprint density at radius 3 is 2.80 bits per heavy atom. The summed E-state index contributed by atoms with van der Waals surface area (Å²) in [7, 11) is 0. The van der Waals surface area contributed by atoms with E-state index in [0.29, 0.717) is 5.02 Å². The van der Waals surface area contributed by atoms with Crippen molar-refractivity contribution in [2.75, 3.05) is 6.54 Å². The minimum atomic E-state index is -0.439. The van der Waals surface area contributed by atoms with Gasteiger partial charge in [0.05, 0.1) is 11.6 Å². The van der Waals surface area contributed by atoms with Crippen LogP contribution in [-0.4, -0.2) is 18.0 Å². The molecule has 1 aliphatic rings. The minimum Gasteiger partial charge on any atom is -0.348 e. The summed E-state index contributed by atoms with van der Waals surface area (Å²) in [4.78, 5) is 12.4. The fourth-order valence-electron chi connectivity index (χ4n) is 2.47. The highest BCUT2D eigenvalue weighted by Gasteiger charge is 2.34. The maximum atomic E-state index is 12.4. The standard InChI is InChI=1S/C15H21ClN2O.ClH/c1-11(12-6-5-7-13(16)10-12)18-14(19)15(2)8-3-4-9-17-15;/h5-7,10-11,17H,3-4,8-9H2,1-2H3,(H,18,19);1H/t11-,15?;/m1./s1. The quantitative estimate of drug-likeness (QED) is 0.896. The molecule has 0 aliphatic carbocycles. The zero-order chi connectivity index (χ0) is 13.9. The molecule has 3 nitrogen and oxygen atoms in total. The van der Waals surface area contributed by atoms with Crippen molar-refractivity contribution in [2.45, 2.75) is 44.7 Å². The largest absolute Gasteiger partial charge is 0.348 e. The van der Waals surface area contributed by atoms with Crippen molar-refractivity contribution in [3.05, 3.63) is 34.9 Å². The number of benzene rings is 1. The third-order valence-corrected chi connectivity index (χ3v) is 4.05. The third-order valence-electron chi connectivity index (χ3n) is 3.82. The van der Waals surface area contributed by atoms with Gasteiger partial charge in [-0.15, -0.1) is 12.4 Å². The number of rotatable bonds is 3. The smallest absolute Gasteiger partial charge is 0.240 e. The summed E-state index contributed by atoms with van der Waals surface area (Å²) in [6, 6.07) is 7.58. The Balaban J connectivity index is 0.00000200. The normalized spacial score (nSPS) is 23.6. The van der Waals surface area contributed by atoms with Crippen LogP contribution >= 0.6 is 24.0 Å². The van der Waals surface area contributed by atoms with E-state index >= 15 is 0 Å². The van der Waals surface area contributed by atoms with Gasteiger partial charge in [0.15, 0.2) is 0 Å². The molecule has 0 radical (unpaired) electrons. The van der Waals surface area contributed by atoms with Gasteiger partial charge in [-0.05, 0) is 57.4 Å². The van der Waals surface area contributed by atoms with Gasteiger partial charge in [-0.25, -0.2) is 0 Å². The topological polar surface area (TPSA) is 41.1 Å². The number of piperidine rings is 1. The van der Waals surface area contributed by atoms with E-state index in [9.17, 15) is 4.79 Å². The number of carbonyl (C=O) groups excluding carboxylic acids is 1. The summed E-state index contributed by atoms with van der Waals surface area (Å²) in [6.07, 6.45) is 3.14. The molecule has 5 heteroatoms. The van der Waals surface area contributed by atoms with Crippen molar-refractivity contribution in [3.8, 4) is 0 Å². The molecule has 1 aromatic rings. The molecule has 1 fully saturated rings. The number of hydrogen-bond donors (Lipinski definition) is 2. The lowest BCUT2D eigenvalue weighted by molar-refractivity contribution is -0.128. The summed E-state index contributed by atoms with van der Waals surface area (Å²) >= 11 is 5.98. The highest BCUT2D eigenvalue weighted by atomic mass is 35.5. The summed E-state index contributed by atoms with van der Waals surface area (Å²) in [5.41, 5.74) is 0.589. The van der Waals surface area contributed by atoms with Crippen LogP contribution in [0.5, 0.6) is 0 Å². The molecule has 2 atom stereocenters. The summed E-state index contributed by atoms with van der Waals surface area (Å²) in [6.45, 7) is 4.87. The molecule has 1 amide bonds. The van der Waals surface area contributed by atoms with E-state index < -0.39 is 5.54 Å². The van der Waals surface area contributed by atoms with Crippen molar-refractivity contribution in [2.24, 2.45) is 0 Å². The van der Waals surface area contributed by atoms with E-state index in [-0.39, 0.29) is 24.4 Å². The van der Waals surface area contributed by atoms with Gasteiger partial charge in [0, 0.05) is 5.02 Å². The van der Waals surface area contributed by atoms with Crippen molar-refractivity contribution >= 4 is 29.9 Å². The Morgan fingerprint density at radius 2 is 2.20 bits per heavy atom. The zero-order valence-corrected chi connectivity index (χ0v) is 13.5. The van der Waals surface area contributed by atoms with Crippen LogP contribution in [0.15, 0.2) is 24.3 Å². The molecule has 20 heavy (non-hydrogen) atoms. The van der Waals surface area contributed by atoms with Crippen LogP contribution in [0.4, 0.5) is 0 Å². The molecule has 1 heterocycles. The zero-order valence-electron chi connectivity index (χ0n) is 11.9. The Morgan fingerprint density at radius 1 is 1.45 bits per heavy atom. The SMILES string of the molecule is C[C@@H](NC(=O)C1(C)CCCCN1)c1cccc(Cl)c1.Cl. The predicted octanol–water partition coefficient (Wildman–Crippen LogP) is 3.47. The van der Waals surface area contributed by atoms with Gasteiger partial charge < -0.3 is 10.6 Å². The van der Waals surface area contributed by atoms with Crippen molar-refractivity contribution in [3.63, 3.8) is 0 Å². The number of hydrogen-bond acceptors (Lipinski definition) is 2. The maximum absolute atomic E-state index is 12.4. The Kier molecular flexibility index (Phi) is 6.31. The predicted molar refractivity (Wildman–Crippen MR) is 85.5 cm³/mol. The van der Waals surface area contributed by atoms with E-state index in [1.54, 1.807) is 0 Å². The first kappa shape index (κ1) is 17.3. The second kappa shape index (κ2) is 7.30. The molecule has 112 valence electrons. The Hall–Kier alpha value is -0.770. The van der Waals surface area contributed by atoms with E-state index in [0.717, 1.165) is 31.4 Å². The maximum Gasteiger partial charge on any atom is 0.240 e. The lowest BCUT2D eigenvalue weighted by atomic mass is 9.89. The van der Waals surface area contributed by atoms with Crippen LogP contribution in [0, 0.1) is 0 Å². The van der Waals surface area contributed by atoms with Crippen LogP contribution < -0.4 is 10.6 Å². The number of halogens is 2. The lowest BCUT2D eigenvalue weighted by Gasteiger charge is -2.34. The van der Waals surface area contributed by atoms with Crippen LogP contribution in [0.3, 0.4) is 0 Å². The first-order valence-electron chi connectivity index (χ1n) is 6.83. The van der Waals surface area contributed by atoms with Gasteiger partial charge >= 0.3 is 0 Å². The van der Waals surface area contributed by atoms with E-state index in [1.165, 1.54) is 0 Å². The number of amides is 1. The molecule has 1 unspecified atom stereocenters. The first-order valence-corrected chi connectivity index (χ1v) is 7.20. The van der Waals surface area contributed by atoms with Gasteiger partial charge in [0.1, 0.15) is 0 Å². The van der Waals surface area contributed by atoms with Crippen LogP contribution in [0.2, 0.25) is 5.02 Å². The molecule has 2 rings (SSSR count). The molecule has 1 saturated heterocycles. The second-order valence-corrected chi connectivity index (χ2v) is 5.90. The molecule has 0 saturated carbocycles. The lowest BCUT2D eigenvalue weighted by Crippen LogP contribution is -2.57. The molecular weight excluding hydrogens is 295 g/mol. The van der Waals surface area contributed by atoms with Gasteiger partial charge in [-0.2, -0.15) is 0 Å². The number of nitrogens with one attached hydrogen (secondary N) is 2. The van der Waals surface area contributed by atoms with Crippen LogP contribution in [-0.2, 0) is 4.79 Å². The fourth-order valence-corrected chi connectivity index (χ4v) is 2.66. The first-order chi connectivity index (χ1) is 9.01. The molecule has 1 aromatic carbocycles. The average molecular weight is 317 g/mol. The van der Waals surface area contributed by atoms with Gasteiger partial charge in [0.25, 0.3) is 0 Å². The average Bonchev–Trinajstić information content (AvgIpc) is 2.39. The summed E-state index contributed by atoms with van der Waals surface area (Å²) in [5, 5.41) is 7.09. The molecular formula is C15H22Cl2N2O. The van der Waals surface area contributed by atoms with Crippen molar-refractivity contribution in [1.82, 2.24) is 10.6 Å². The van der Waals surface area contributed by atoms with Crippen LogP contribution in [0.1, 0.15) is 44.7 Å². The molecule has 1 aliphatic heterocycles. The van der Waals surface area contributed by atoms with Crippen molar-refractivity contribution < 1.29 is 4.79 Å².